The van der Waals surface area contributed by atoms with Crippen molar-refractivity contribution in [3.05, 3.63) is 35.9 Å². The highest BCUT2D eigenvalue weighted by atomic mass is 16.3. The summed E-state index contributed by atoms with van der Waals surface area (Å²) < 4.78 is 0. The van der Waals surface area contributed by atoms with Crippen molar-refractivity contribution in [2.75, 3.05) is 26.2 Å². The summed E-state index contributed by atoms with van der Waals surface area (Å²) in [6.07, 6.45) is 1.31. The van der Waals surface area contributed by atoms with Crippen molar-refractivity contribution < 1.29 is 14.7 Å². The zero-order chi connectivity index (χ0) is 16.2. The summed E-state index contributed by atoms with van der Waals surface area (Å²) >= 11 is 0. The first-order valence-electron chi connectivity index (χ1n) is 7.67. The number of likely N-dealkylation sites (tertiary alicyclic amines) is 1. The lowest BCUT2D eigenvalue weighted by atomic mass is 10.1. The Morgan fingerprint density at radius 2 is 2.00 bits per heavy atom. The molecule has 0 bridgehead atoms. The first kappa shape index (κ1) is 16.5. The van der Waals surface area contributed by atoms with Gasteiger partial charge >= 0.3 is 0 Å². The minimum absolute atomic E-state index is 0.0816. The number of amides is 2. The van der Waals surface area contributed by atoms with E-state index in [1.807, 2.05) is 30.3 Å². The number of β-amino-alcohol motifs (C(OH)–C–C–N with tert-alkyl or cyclic N) is 1. The summed E-state index contributed by atoms with van der Waals surface area (Å²) in [5.74, 6) is -0.198. The van der Waals surface area contributed by atoms with E-state index in [1.165, 1.54) is 6.92 Å². The molecule has 5 nitrogen and oxygen atoms in total. The third-order valence-corrected chi connectivity index (χ3v) is 4.09. The maximum Gasteiger partial charge on any atom is 0.242 e. The van der Waals surface area contributed by atoms with Crippen LogP contribution in [0.15, 0.2) is 30.3 Å². The van der Waals surface area contributed by atoms with Gasteiger partial charge in [-0.25, -0.2) is 0 Å². The van der Waals surface area contributed by atoms with Gasteiger partial charge in [0.15, 0.2) is 0 Å². The third-order valence-electron chi connectivity index (χ3n) is 4.09. The van der Waals surface area contributed by atoms with Crippen molar-refractivity contribution in [1.29, 1.82) is 0 Å². The van der Waals surface area contributed by atoms with Crippen LogP contribution in [0.3, 0.4) is 0 Å². The van der Waals surface area contributed by atoms with E-state index >= 15 is 0 Å². The monoisotopic (exact) mass is 304 g/mol. The molecule has 1 aromatic carbocycles. The van der Waals surface area contributed by atoms with Crippen LogP contribution < -0.4 is 0 Å². The number of carbonyl (C=O) groups excluding carboxylic acids is 2. The van der Waals surface area contributed by atoms with Crippen molar-refractivity contribution in [1.82, 2.24) is 9.80 Å². The maximum absolute atomic E-state index is 12.3. The van der Waals surface area contributed by atoms with Crippen LogP contribution in [0, 0.1) is 0 Å². The van der Waals surface area contributed by atoms with Gasteiger partial charge in [-0.3, -0.25) is 9.59 Å². The number of rotatable bonds is 5. The van der Waals surface area contributed by atoms with Crippen LogP contribution in [-0.2, 0) is 16.0 Å². The van der Waals surface area contributed by atoms with Gasteiger partial charge in [0, 0.05) is 26.6 Å². The molecule has 1 N–H and O–H groups in total. The lowest BCUT2D eigenvalue weighted by Gasteiger charge is -2.25. The molecule has 1 atom stereocenters. The number of hydrogen-bond acceptors (Lipinski definition) is 3. The summed E-state index contributed by atoms with van der Waals surface area (Å²) in [5, 5.41) is 9.93. The second-order valence-corrected chi connectivity index (χ2v) is 6.24. The molecule has 2 amide bonds. The van der Waals surface area contributed by atoms with Gasteiger partial charge in [-0.2, -0.15) is 0 Å². The van der Waals surface area contributed by atoms with E-state index in [9.17, 15) is 14.7 Å². The Hall–Kier alpha value is -1.88. The molecule has 0 spiro atoms. The molecule has 0 saturated carbocycles. The van der Waals surface area contributed by atoms with Crippen LogP contribution in [0.4, 0.5) is 0 Å². The average molecular weight is 304 g/mol. The molecule has 1 saturated heterocycles. The fourth-order valence-corrected chi connectivity index (χ4v) is 2.68. The van der Waals surface area contributed by atoms with Crippen LogP contribution in [-0.4, -0.2) is 58.5 Å². The van der Waals surface area contributed by atoms with Gasteiger partial charge in [0.05, 0.1) is 12.1 Å². The van der Waals surface area contributed by atoms with Crippen molar-refractivity contribution >= 4 is 11.8 Å². The SMILES string of the molecule is CC(=O)N(CCc1ccccc1)CC(=O)N1CC[C@@](C)(O)C1. The van der Waals surface area contributed by atoms with E-state index in [4.69, 9.17) is 0 Å². The number of aliphatic hydroxyl groups is 1. The second kappa shape index (κ2) is 6.92. The van der Waals surface area contributed by atoms with Crippen LogP contribution in [0.2, 0.25) is 0 Å². The average Bonchev–Trinajstić information content (AvgIpc) is 2.84. The molecular weight excluding hydrogens is 280 g/mol. The quantitative estimate of drug-likeness (QED) is 0.885. The summed E-state index contributed by atoms with van der Waals surface area (Å²) in [6, 6.07) is 9.90. The van der Waals surface area contributed by atoms with E-state index in [0.29, 0.717) is 26.1 Å². The number of hydrogen-bond donors (Lipinski definition) is 1. The molecule has 1 fully saturated rings. The topological polar surface area (TPSA) is 60.9 Å². The van der Waals surface area contributed by atoms with Crippen LogP contribution >= 0.6 is 0 Å². The molecule has 5 heteroatoms. The smallest absolute Gasteiger partial charge is 0.242 e. The van der Waals surface area contributed by atoms with E-state index < -0.39 is 5.60 Å². The molecule has 2 rings (SSSR count). The Morgan fingerprint density at radius 3 is 2.55 bits per heavy atom. The Kier molecular flexibility index (Phi) is 5.19. The fraction of sp³-hybridized carbons (Fsp3) is 0.529. The largest absolute Gasteiger partial charge is 0.388 e. The first-order valence-corrected chi connectivity index (χ1v) is 7.67. The minimum Gasteiger partial charge on any atom is -0.388 e. The Labute approximate surface area is 131 Å². The molecule has 1 aromatic rings. The van der Waals surface area contributed by atoms with Gasteiger partial charge < -0.3 is 14.9 Å². The molecule has 1 aliphatic rings. The lowest BCUT2D eigenvalue weighted by Crippen LogP contribution is -2.43. The summed E-state index contributed by atoms with van der Waals surface area (Å²) in [4.78, 5) is 27.2. The minimum atomic E-state index is -0.805. The summed E-state index contributed by atoms with van der Waals surface area (Å²) in [7, 11) is 0. The Morgan fingerprint density at radius 1 is 1.32 bits per heavy atom. The van der Waals surface area contributed by atoms with Crippen LogP contribution in [0.25, 0.3) is 0 Å². The molecule has 22 heavy (non-hydrogen) atoms. The standard InChI is InChI=1S/C17H24N2O3/c1-14(20)18(10-8-15-6-4-3-5-7-15)12-16(21)19-11-9-17(2,22)13-19/h3-7,22H,8-13H2,1-2H3/t17-/m1/s1. The zero-order valence-electron chi connectivity index (χ0n) is 13.3. The highest BCUT2D eigenvalue weighted by Gasteiger charge is 2.34. The number of benzene rings is 1. The predicted octanol–water partition coefficient (Wildman–Crippen LogP) is 1.06. The number of carbonyl (C=O) groups is 2. The van der Waals surface area contributed by atoms with Gasteiger partial charge in [-0.1, -0.05) is 30.3 Å². The molecule has 1 heterocycles. The van der Waals surface area contributed by atoms with Crippen LogP contribution in [0.1, 0.15) is 25.8 Å². The van der Waals surface area contributed by atoms with Crippen molar-refractivity contribution in [2.24, 2.45) is 0 Å². The van der Waals surface area contributed by atoms with Crippen LogP contribution in [0.5, 0.6) is 0 Å². The second-order valence-electron chi connectivity index (χ2n) is 6.24. The zero-order valence-corrected chi connectivity index (χ0v) is 13.3. The predicted molar refractivity (Wildman–Crippen MR) is 84.2 cm³/mol. The molecule has 0 unspecified atom stereocenters. The molecule has 0 aliphatic carbocycles. The van der Waals surface area contributed by atoms with Gasteiger partial charge in [-0.15, -0.1) is 0 Å². The normalized spacial score (nSPS) is 21.0. The van der Waals surface area contributed by atoms with Gasteiger partial charge in [0.25, 0.3) is 0 Å². The van der Waals surface area contributed by atoms with E-state index in [1.54, 1.807) is 16.7 Å². The Bertz CT molecular complexity index is 528. The molecular formula is C17H24N2O3. The van der Waals surface area contributed by atoms with Gasteiger partial charge in [-0.05, 0) is 25.3 Å². The lowest BCUT2D eigenvalue weighted by molar-refractivity contribution is -0.139. The summed E-state index contributed by atoms with van der Waals surface area (Å²) in [6.45, 7) is 4.72. The highest BCUT2D eigenvalue weighted by Crippen LogP contribution is 2.20. The maximum atomic E-state index is 12.3. The highest BCUT2D eigenvalue weighted by molar-refractivity contribution is 5.84. The molecule has 1 aliphatic heterocycles. The van der Waals surface area contributed by atoms with E-state index in [0.717, 1.165) is 12.0 Å². The number of nitrogens with zero attached hydrogens (tertiary/aromatic N) is 2. The molecule has 120 valence electrons. The first-order chi connectivity index (χ1) is 10.4. The summed E-state index contributed by atoms with van der Waals surface area (Å²) in [5.41, 5.74) is 0.339. The molecule has 0 aromatic heterocycles. The van der Waals surface area contributed by atoms with Gasteiger partial charge in [0.2, 0.25) is 11.8 Å². The van der Waals surface area contributed by atoms with Crippen molar-refractivity contribution in [3.63, 3.8) is 0 Å². The van der Waals surface area contributed by atoms with Crippen molar-refractivity contribution in [3.8, 4) is 0 Å². The van der Waals surface area contributed by atoms with Gasteiger partial charge in [0.1, 0.15) is 0 Å². The Balaban J connectivity index is 1.89. The fourth-order valence-electron chi connectivity index (χ4n) is 2.68. The van der Waals surface area contributed by atoms with E-state index in [-0.39, 0.29) is 18.4 Å². The van der Waals surface area contributed by atoms with Crippen molar-refractivity contribution in [2.45, 2.75) is 32.3 Å². The van der Waals surface area contributed by atoms with E-state index in [2.05, 4.69) is 0 Å². The third kappa shape index (κ3) is 4.56. The molecule has 0 radical (unpaired) electrons.